The summed E-state index contributed by atoms with van der Waals surface area (Å²) in [5.74, 6) is -0.0580. The number of anilines is 1. The first-order valence-electron chi connectivity index (χ1n) is 15.3. The van der Waals surface area contributed by atoms with Gasteiger partial charge in [0.25, 0.3) is 0 Å². The van der Waals surface area contributed by atoms with Crippen molar-refractivity contribution in [2.75, 3.05) is 38.2 Å². The normalized spacial score (nSPS) is 13.3. The lowest BCUT2D eigenvalue weighted by molar-refractivity contribution is -0.159. The van der Waals surface area contributed by atoms with E-state index in [9.17, 15) is 4.79 Å². The van der Waals surface area contributed by atoms with Crippen molar-refractivity contribution in [2.24, 2.45) is 5.92 Å². The molecule has 1 aliphatic heterocycles. The lowest BCUT2D eigenvalue weighted by Crippen LogP contribution is -2.40. The predicted octanol–water partition coefficient (Wildman–Crippen LogP) is 4.92. The first-order valence-corrected chi connectivity index (χ1v) is 15.3. The minimum atomic E-state index is -1.82. The number of nitrogens with zero attached hydrogens (tertiary/aromatic N) is 3. The molecule has 0 unspecified atom stereocenters. The van der Waals surface area contributed by atoms with Crippen molar-refractivity contribution in [2.45, 2.75) is 39.8 Å². The number of aromatic nitrogens is 2. The fraction of sp³-hybridized carbons (Fsp3) is 0.353. The van der Waals surface area contributed by atoms with E-state index in [4.69, 9.17) is 39.0 Å². The molecule has 1 fully saturated rings. The van der Waals surface area contributed by atoms with Gasteiger partial charge < -0.3 is 34.3 Å². The van der Waals surface area contributed by atoms with Gasteiger partial charge in [-0.15, -0.1) is 0 Å². The summed E-state index contributed by atoms with van der Waals surface area (Å²) in [5.41, 5.74) is 2.84. The maximum atomic E-state index is 12.8. The number of carboxylic acid groups (broad SMARTS) is 2. The van der Waals surface area contributed by atoms with Gasteiger partial charge in [-0.3, -0.25) is 9.69 Å². The van der Waals surface area contributed by atoms with Crippen LogP contribution in [0.15, 0.2) is 72.8 Å². The van der Waals surface area contributed by atoms with Gasteiger partial charge in [-0.25, -0.2) is 14.6 Å². The van der Waals surface area contributed by atoms with Crippen molar-refractivity contribution in [1.82, 2.24) is 14.5 Å². The van der Waals surface area contributed by atoms with Crippen molar-refractivity contribution in [1.29, 1.82) is 0 Å². The molecule has 12 nitrogen and oxygen atoms in total. The van der Waals surface area contributed by atoms with Crippen LogP contribution in [0.5, 0.6) is 17.2 Å². The molecule has 0 bridgehead atoms. The van der Waals surface area contributed by atoms with Crippen LogP contribution in [0.2, 0.25) is 0 Å². The monoisotopic (exact) mass is 632 g/mol. The number of hydrogen-bond donors (Lipinski definition) is 3. The third kappa shape index (κ3) is 9.70. The van der Waals surface area contributed by atoms with E-state index in [1.54, 1.807) is 0 Å². The molecule has 4 aromatic rings. The van der Waals surface area contributed by atoms with Crippen LogP contribution >= 0.6 is 0 Å². The number of ether oxygens (including phenoxy) is 3. The molecule has 46 heavy (non-hydrogen) atoms. The van der Waals surface area contributed by atoms with E-state index in [0.29, 0.717) is 49.5 Å². The largest absolute Gasteiger partial charge is 0.490 e. The summed E-state index contributed by atoms with van der Waals surface area (Å²) in [5, 5.41) is 17.8. The quantitative estimate of drug-likeness (QED) is 0.184. The fourth-order valence-electron chi connectivity index (χ4n) is 5.22. The van der Waals surface area contributed by atoms with Crippen molar-refractivity contribution < 1.29 is 38.8 Å². The number of rotatable bonds is 12. The van der Waals surface area contributed by atoms with E-state index in [-0.39, 0.29) is 5.91 Å². The van der Waals surface area contributed by atoms with Crippen molar-refractivity contribution >= 4 is 34.6 Å². The Morgan fingerprint density at radius 2 is 1.50 bits per heavy atom. The molecule has 3 N–H and O–H groups in total. The van der Waals surface area contributed by atoms with E-state index in [2.05, 4.69) is 33.0 Å². The second-order valence-corrected chi connectivity index (χ2v) is 10.6. The number of carbonyl (C=O) groups is 3. The fourth-order valence-corrected chi connectivity index (χ4v) is 5.22. The molecule has 1 saturated heterocycles. The number of benzene rings is 3. The summed E-state index contributed by atoms with van der Waals surface area (Å²) in [7, 11) is 0. The number of fused-ring (bicyclic) bond motifs is 1. The molecule has 0 saturated carbocycles. The topological polar surface area (TPSA) is 152 Å². The maximum Gasteiger partial charge on any atom is 0.414 e. The van der Waals surface area contributed by atoms with Crippen molar-refractivity contribution in [3.63, 3.8) is 0 Å². The Hall–Kier alpha value is -5.10. The smallest absolute Gasteiger partial charge is 0.414 e. The van der Waals surface area contributed by atoms with Gasteiger partial charge in [0, 0.05) is 18.3 Å². The van der Waals surface area contributed by atoms with Crippen LogP contribution in [0.3, 0.4) is 0 Å². The van der Waals surface area contributed by atoms with E-state index < -0.39 is 11.9 Å². The van der Waals surface area contributed by atoms with Crippen LogP contribution < -0.4 is 19.5 Å². The molecule has 2 heterocycles. The third-order valence-corrected chi connectivity index (χ3v) is 7.37. The van der Waals surface area contributed by atoms with Crippen LogP contribution in [-0.4, -0.2) is 75.4 Å². The molecular weight excluding hydrogens is 592 g/mol. The lowest BCUT2D eigenvalue weighted by atomic mass is 9.96. The molecule has 0 atom stereocenters. The minimum absolute atomic E-state index is 0.0222. The lowest BCUT2D eigenvalue weighted by Gasteiger charge is -2.32. The second kappa shape index (κ2) is 16.8. The molecule has 0 aliphatic carbocycles. The molecule has 3 aromatic carbocycles. The number of likely N-dealkylation sites (tertiary alicyclic amines) is 1. The molecule has 5 rings (SSSR count). The highest BCUT2D eigenvalue weighted by Crippen LogP contribution is 2.31. The number of amides is 1. The zero-order valence-corrected chi connectivity index (χ0v) is 26.1. The van der Waals surface area contributed by atoms with E-state index in [0.717, 1.165) is 55.1 Å². The molecule has 244 valence electrons. The van der Waals surface area contributed by atoms with Gasteiger partial charge in [0.15, 0.2) is 11.5 Å². The molecule has 1 aromatic heterocycles. The summed E-state index contributed by atoms with van der Waals surface area (Å²) in [6.07, 6.45) is 2.05. The Bertz CT molecular complexity index is 1590. The SMILES string of the molecule is CCOc1ccc(NC(=O)CN2CCC(Cn3c(COc4ccccc4)nc4ccccc43)CC2)cc1OCC.O=C(O)C(=O)O. The van der Waals surface area contributed by atoms with Gasteiger partial charge >= 0.3 is 11.9 Å². The molecule has 0 radical (unpaired) electrons. The van der Waals surface area contributed by atoms with Gasteiger partial charge in [-0.05, 0) is 82.1 Å². The minimum Gasteiger partial charge on any atom is -0.490 e. The Morgan fingerprint density at radius 1 is 0.848 bits per heavy atom. The maximum absolute atomic E-state index is 12.8. The second-order valence-electron chi connectivity index (χ2n) is 10.6. The Labute approximate surface area is 267 Å². The highest BCUT2D eigenvalue weighted by Gasteiger charge is 2.23. The highest BCUT2D eigenvalue weighted by molar-refractivity contribution is 6.27. The number of hydrogen-bond acceptors (Lipinski definition) is 8. The number of piperidine rings is 1. The van der Waals surface area contributed by atoms with Crippen molar-refractivity contribution in [3.05, 3.63) is 78.6 Å². The van der Waals surface area contributed by atoms with Crippen molar-refractivity contribution in [3.8, 4) is 17.2 Å². The van der Waals surface area contributed by atoms with Crippen LogP contribution in [0.1, 0.15) is 32.5 Å². The van der Waals surface area contributed by atoms with Gasteiger partial charge in [-0.2, -0.15) is 0 Å². The number of aliphatic carboxylic acids is 2. The number of nitrogens with one attached hydrogen (secondary N) is 1. The standard InChI is InChI=1S/C32H38N4O4.C2H2O4/c1-3-38-29-15-14-25(20-30(29)39-4-2)33-32(37)22-35-18-16-24(17-19-35)21-36-28-13-9-8-12-27(28)34-31(36)23-40-26-10-6-5-7-11-26;3-1(4)2(5)6/h5-15,20,24H,3-4,16-19,21-23H2,1-2H3,(H,33,37);(H,3,4)(H,5,6). The van der Waals surface area contributed by atoms with Gasteiger partial charge in [0.2, 0.25) is 5.91 Å². The first-order chi connectivity index (χ1) is 22.3. The Balaban J connectivity index is 0.000000731. The molecule has 1 amide bonds. The number of carboxylic acids is 2. The summed E-state index contributed by atoms with van der Waals surface area (Å²) < 4.78 is 19.7. The number of carbonyl (C=O) groups excluding carboxylic acids is 1. The summed E-state index contributed by atoms with van der Waals surface area (Å²) in [6.45, 7) is 8.40. The molecular formula is C34H40N4O8. The molecule has 1 aliphatic rings. The molecule has 12 heteroatoms. The first kappa shape index (κ1) is 33.8. The average molecular weight is 633 g/mol. The summed E-state index contributed by atoms with van der Waals surface area (Å²) in [6, 6.07) is 23.7. The Morgan fingerprint density at radius 3 is 2.17 bits per heavy atom. The van der Waals surface area contributed by atoms with Gasteiger partial charge in [0.05, 0.1) is 30.8 Å². The van der Waals surface area contributed by atoms with Crippen LogP contribution in [0, 0.1) is 5.92 Å². The van der Waals surface area contributed by atoms with E-state index in [1.807, 2.05) is 68.4 Å². The average Bonchev–Trinajstić information content (AvgIpc) is 3.40. The predicted molar refractivity (Wildman–Crippen MR) is 172 cm³/mol. The van der Waals surface area contributed by atoms with Crippen LogP contribution in [0.25, 0.3) is 11.0 Å². The summed E-state index contributed by atoms with van der Waals surface area (Å²) >= 11 is 0. The number of imidazole rings is 1. The van der Waals surface area contributed by atoms with Gasteiger partial charge in [-0.1, -0.05) is 30.3 Å². The zero-order valence-electron chi connectivity index (χ0n) is 26.1. The zero-order chi connectivity index (χ0) is 32.9. The molecule has 0 spiro atoms. The third-order valence-electron chi connectivity index (χ3n) is 7.37. The van der Waals surface area contributed by atoms with Crippen LogP contribution in [0.4, 0.5) is 5.69 Å². The van der Waals surface area contributed by atoms with Gasteiger partial charge in [0.1, 0.15) is 18.2 Å². The summed E-state index contributed by atoms with van der Waals surface area (Å²) in [4.78, 5) is 38.1. The van der Waals surface area contributed by atoms with Crippen LogP contribution in [-0.2, 0) is 27.5 Å². The Kier molecular flexibility index (Phi) is 12.4. The highest BCUT2D eigenvalue weighted by atomic mass is 16.5. The number of para-hydroxylation sites is 3. The van der Waals surface area contributed by atoms with E-state index >= 15 is 0 Å². The van der Waals surface area contributed by atoms with E-state index in [1.165, 1.54) is 0 Å².